The van der Waals surface area contributed by atoms with E-state index in [2.05, 4.69) is 10.5 Å². The summed E-state index contributed by atoms with van der Waals surface area (Å²) in [6, 6.07) is 9.99. The molecule has 0 fully saturated rings. The summed E-state index contributed by atoms with van der Waals surface area (Å²) >= 11 is 12.2. The number of hydrogen-bond donors (Lipinski definition) is 1. The molecule has 0 saturated carbocycles. The van der Waals surface area contributed by atoms with Crippen LogP contribution in [0.3, 0.4) is 0 Å². The molecule has 1 aliphatic rings. The zero-order valence-electron chi connectivity index (χ0n) is 9.08. The summed E-state index contributed by atoms with van der Waals surface area (Å²) in [6.45, 7) is 0. The van der Waals surface area contributed by atoms with E-state index in [0.717, 1.165) is 19.6 Å². The highest BCUT2D eigenvalue weighted by Gasteiger charge is 2.18. The Kier molecular flexibility index (Phi) is 4.05. The van der Waals surface area contributed by atoms with Gasteiger partial charge in [-0.05, 0) is 12.1 Å². The van der Waals surface area contributed by atoms with Crippen LogP contribution < -0.4 is 5.43 Å². The molecular weight excluding hydrogens is 320 g/mol. The monoisotopic (exact) mass is 328 g/mol. The van der Waals surface area contributed by atoms with Gasteiger partial charge < -0.3 is 0 Å². The maximum Gasteiger partial charge on any atom is 0.145 e. The van der Waals surface area contributed by atoms with Gasteiger partial charge in [-0.15, -0.1) is 34.4 Å². The number of fused-ring (bicyclic) bond motifs is 1. The summed E-state index contributed by atoms with van der Waals surface area (Å²) in [4.78, 5) is 0. The number of para-hydroxylation sites is 1. The average Bonchev–Trinajstić information content (AvgIpc) is 2.77. The molecule has 1 aromatic carbocycles. The van der Waals surface area contributed by atoms with Gasteiger partial charge in [-0.3, -0.25) is 5.43 Å². The third-order valence-corrected chi connectivity index (χ3v) is 7.80. The van der Waals surface area contributed by atoms with Gasteiger partial charge in [-0.25, -0.2) is 0 Å². The van der Waals surface area contributed by atoms with Crippen LogP contribution in [0.4, 0.5) is 5.69 Å². The van der Waals surface area contributed by atoms with Crippen molar-refractivity contribution < 1.29 is 0 Å². The second-order valence-electron chi connectivity index (χ2n) is 3.40. The van der Waals surface area contributed by atoms with Crippen molar-refractivity contribution in [1.29, 1.82) is 0 Å². The molecule has 18 heavy (non-hydrogen) atoms. The number of hydrazone groups is 1. The molecule has 92 valence electrons. The first-order chi connectivity index (χ1) is 8.81. The van der Waals surface area contributed by atoms with Crippen LogP contribution in [0.25, 0.3) is 0 Å². The first-order valence-corrected chi connectivity index (χ1v) is 8.98. The van der Waals surface area contributed by atoms with Crippen LogP contribution >= 0.6 is 58.4 Å². The molecule has 0 aliphatic carbocycles. The molecule has 2 aromatic rings. The molecule has 0 radical (unpaired) electrons. The predicted octanol–water partition coefficient (Wildman–Crippen LogP) is 5.16. The maximum absolute atomic E-state index is 5.22. The van der Waals surface area contributed by atoms with Gasteiger partial charge in [0.25, 0.3) is 0 Å². The van der Waals surface area contributed by atoms with E-state index in [1.165, 1.54) is 8.42 Å². The third-order valence-electron chi connectivity index (χ3n) is 2.14. The summed E-state index contributed by atoms with van der Waals surface area (Å²) in [5.74, 6) is 0.916. The Morgan fingerprint density at radius 2 is 1.89 bits per heavy atom. The highest BCUT2D eigenvalue weighted by Crippen LogP contribution is 2.45. The van der Waals surface area contributed by atoms with E-state index in [9.17, 15) is 0 Å². The predicted molar refractivity (Wildman–Crippen MR) is 87.1 cm³/mol. The molecule has 0 saturated heterocycles. The van der Waals surface area contributed by atoms with Crippen molar-refractivity contribution in [2.75, 3.05) is 11.2 Å². The standard InChI is InChI=1S/C11H8N2S5/c14-11-17-9-10(18-11)16-8(6-15-9)13-12-7-4-2-1-3-5-7/h1-5,12H,6H2. The lowest BCUT2D eigenvalue weighted by Gasteiger charge is -2.11. The largest absolute Gasteiger partial charge is 0.278 e. The molecule has 1 aromatic heterocycles. The van der Waals surface area contributed by atoms with Crippen molar-refractivity contribution >= 4 is 69.1 Å². The van der Waals surface area contributed by atoms with Gasteiger partial charge in [0.05, 0.1) is 14.1 Å². The molecular formula is C11H8N2S5. The molecule has 2 heterocycles. The Morgan fingerprint density at radius 3 is 2.72 bits per heavy atom. The second kappa shape index (κ2) is 5.75. The van der Waals surface area contributed by atoms with Crippen molar-refractivity contribution in [1.82, 2.24) is 0 Å². The van der Waals surface area contributed by atoms with Crippen molar-refractivity contribution in [3.05, 3.63) is 33.5 Å². The number of anilines is 1. The van der Waals surface area contributed by atoms with Crippen LogP contribution in [-0.4, -0.2) is 10.8 Å². The molecule has 0 bridgehead atoms. The highest BCUT2D eigenvalue weighted by atomic mass is 32.2. The van der Waals surface area contributed by atoms with E-state index < -0.39 is 0 Å². The number of benzene rings is 1. The van der Waals surface area contributed by atoms with E-state index in [-0.39, 0.29) is 0 Å². The summed E-state index contributed by atoms with van der Waals surface area (Å²) in [6.07, 6.45) is 0. The van der Waals surface area contributed by atoms with E-state index in [1.807, 2.05) is 42.1 Å². The summed E-state index contributed by atoms with van der Waals surface area (Å²) < 4.78 is 3.63. The lowest BCUT2D eigenvalue weighted by atomic mass is 10.3. The molecule has 0 spiro atoms. The molecule has 0 unspecified atom stereocenters. The fraction of sp³-hybridized carbons (Fsp3) is 0.0909. The Labute approximate surface area is 127 Å². The number of hydrogen-bond acceptors (Lipinski definition) is 7. The topological polar surface area (TPSA) is 24.4 Å². The normalized spacial score (nSPS) is 16.6. The van der Waals surface area contributed by atoms with Gasteiger partial charge in [0.1, 0.15) is 8.18 Å². The minimum Gasteiger partial charge on any atom is -0.278 e. The van der Waals surface area contributed by atoms with Crippen molar-refractivity contribution in [2.24, 2.45) is 5.10 Å². The van der Waals surface area contributed by atoms with Crippen molar-refractivity contribution in [3.8, 4) is 0 Å². The quantitative estimate of drug-likeness (QED) is 0.607. The number of rotatable bonds is 2. The lowest BCUT2D eigenvalue weighted by molar-refractivity contribution is 1.34. The van der Waals surface area contributed by atoms with Crippen LogP contribution in [0.1, 0.15) is 0 Å². The van der Waals surface area contributed by atoms with Gasteiger partial charge in [-0.1, -0.05) is 42.2 Å². The number of nitrogens with one attached hydrogen (secondary N) is 1. The van der Waals surface area contributed by atoms with Crippen molar-refractivity contribution in [2.45, 2.75) is 8.42 Å². The number of thioether (sulfide) groups is 2. The minimum atomic E-state index is 0.916. The fourth-order valence-electron chi connectivity index (χ4n) is 1.36. The van der Waals surface area contributed by atoms with Crippen molar-refractivity contribution in [3.63, 3.8) is 0 Å². The van der Waals surface area contributed by atoms with E-state index in [1.54, 1.807) is 34.4 Å². The Balaban J connectivity index is 1.74. The van der Waals surface area contributed by atoms with Gasteiger partial charge in [0.15, 0.2) is 0 Å². The zero-order chi connectivity index (χ0) is 12.4. The van der Waals surface area contributed by atoms with Crippen LogP contribution in [0, 0.1) is 3.14 Å². The van der Waals surface area contributed by atoms with Gasteiger partial charge in [-0.2, -0.15) is 5.10 Å². The second-order valence-corrected chi connectivity index (χ2v) is 9.21. The van der Waals surface area contributed by atoms with Gasteiger partial charge >= 0.3 is 0 Å². The average molecular weight is 329 g/mol. The molecule has 7 heteroatoms. The first kappa shape index (κ1) is 12.7. The lowest BCUT2D eigenvalue weighted by Crippen LogP contribution is -2.03. The first-order valence-electron chi connectivity index (χ1n) is 5.13. The van der Waals surface area contributed by atoms with Crippen LogP contribution in [0.2, 0.25) is 0 Å². The fourth-order valence-corrected chi connectivity index (χ4v) is 7.34. The van der Waals surface area contributed by atoms with Crippen LogP contribution in [-0.2, 0) is 0 Å². The Bertz CT molecular complexity index is 628. The van der Waals surface area contributed by atoms with Crippen LogP contribution in [0.5, 0.6) is 0 Å². The molecule has 0 amide bonds. The van der Waals surface area contributed by atoms with E-state index in [0.29, 0.717) is 0 Å². The molecule has 0 atom stereocenters. The Hall–Kier alpha value is -0.340. The van der Waals surface area contributed by atoms with Gasteiger partial charge in [0, 0.05) is 5.75 Å². The smallest absolute Gasteiger partial charge is 0.145 e. The summed E-state index contributed by atoms with van der Waals surface area (Å²) in [5.41, 5.74) is 4.10. The van der Waals surface area contributed by atoms with E-state index >= 15 is 0 Å². The molecule has 3 rings (SSSR count). The zero-order valence-corrected chi connectivity index (χ0v) is 13.2. The summed E-state index contributed by atoms with van der Waals surface area (Å²) in [5, 5.41) is 5.55. The van der Waals surface area contributed by atoms with Gasteiger partial charge in [0.2, 0.25) is 0 Å². The van der Waals surface area contributed by atoms with Crippen LogP contribution in [0.15, 0.2) is 43.9 Å². The molecule has 2 nitrogen and oxygen atoms in total. The molecule has 1 aliphatic heterocycles. The SMILES string of the molecule is S=c1sc2c(s1)SC(=NNc1ccccc1)CS2. The third kappa shape index (κ3) is 2.97. The number of nitrogens with zero attached hydrogens (tertiary/aromatic N) is 1. The summed E-state index contributed by atoms with van der Waals surface area (Å²) in [7, 11) is 0. The van der Waals surface area contributed by atoms with E-state index in [4.69, 9.17) is 12.2 Å². The Morgan fingerprint density at radius 1 is 1.11 bits per heavy atom. The highest BCUT2D eigenvalue weighted by molar-refractivity contribution is 8.19. The molecule has 1 N–H and O–H groups in total. The minimum absolute atomic E-state index is 0.916. The maximum atomic E-state index is 5.22.